The van der Waals surface area contributed by atoms with Gasteiger partial charge in [0.25, 0.3) is 5.56 Å². The van der Waals surface area contributed by atoms with Crippen LogP contribution in [0.5, 0.6) is 0 Å². The van der Waals surface area contributed by atoms with Crippen molar-refractivity contribution in [1.82, 2.24) is 15.2 Å². The highest BCUT2D eigenvalue weighted by Crippen LogP contribution is 1.88. The maximum Gasteiger partial charge on any atom is 0.342 e. The van der Waals surface area contributed by atoms with Gasteiger partial charge in [-0.1, -0.05) is 12.2 Å². The van der Waals surface area contributed by atoms with Gasteiger partial charge >= 0.3 is 5.69 Å². The van der Waals surface area contributed by atoms with Crippen LogP contribution in [0.25, 0.3) is 0 Å². The third-order valence-electron chi connectivity index (χ3n) is 1.55. The lowest BCUT2D eigenvalue weighted by Crippen LogP contribution is -2.27. The van der Waals surface area contributed by atoms with E-state index in [2.05, 4.69) is 20.5 Å². The summed E-state index contributed by atoms with van der Waals surface area (Å²) in [6.45, 7) is 2.53. The van der Waals surface area contributed by atoms with Crippen molar-refractivity contribution >= 4 is 5.82 Å². The molecule has 0 bridgehead atoms. The van der Waals surface area contributed by atoms with E-state index in [-0.39, 0.29) is 5.82 Å². The Morgan fingerprint density at radius 1 is 1.50 bits per heavy atom. The van der Waals surface area contributed by atoms with E-state index in [4.69, 9.17) is 0 Å². The second kappa shape index (κ2) is 5.00. The minimum atomic E-state index is -0.603. The molecule has 0 aliphatic heterocycles. The fraction of sp³-hybridized carbons (Fsp3) is 0.375. The van der Waals surface area contributed by atoms with E-state index >= 15 is 0 Å². The van der Waals surface area contributed by atoms with Crippen molar-refractivity contribution in [2.75, 3.05) is 11.9 Å². The van der Waals surface area contributed by atoms with E-state index in [1.165, 1.54) is 0 Å². The standard InChI is InChI=1S/C8H12N4O2/c1-2-3-4-5-9-6-7(13)10-8(14)12-11-6/h2-3H,4-5H2,1H3,(H,9,11)(H2,10,12,13,14)/b3-2+. The lowest BCUT2D eigenvalue weighted by molar-refractivity contribution is 0.880. The first-order valence-electron chi connectivity index (χ1n) is 4.28. The Balaban J connectivity index is 2.59. The van der Waals surface area contributed by atoms with Crippen LogP contribution < -0.4 is 16.6 Å². The average molecular weight is 196 g/mol. The lowest BCUT2D eigenvalue weighted by Gasteiger charge is -1.99. The maximum absolute atomic E-state index is 11.1. The number of aromatic nitrogens is 3. The Hall–Kier alpha value is -1.85. The zero-order chi connectivity index (χ0) is 10.4. The molecule has 6 nitrogen and oxygen atoms in total. The summed E-state index contributed by atoms with van der Waals surface area (Å²) in [7, 11) is 0. The molecule has 3 N–H and O–H groups in total. The van der Waals surface area contributed by atoms with Crippen molar-refractivity contribution in [3.63, 3.8) is 0 Å². The van der Waals surface area contributed by atoms with Crippen molar-refractivity contribution < 1.29 is 0 Å². The highest BCUT2D eigenvalue weighted by molar-refractivity contribution is 5.28. The molecular weight excluding hydrogens is 184 g/mol. The highest BCUT2D eigenvalue weighted by Gasteiger charge is 1.98. The molecule has 0 saturated carbocycles. The Kier molecular flexibility index (Phi) is 3.66. The molecule has 0 unspecified atom stereocenters. The zero-order valence-electron chi connectivity index (χ0n) is 7.83. The molecule has 76 valence electrons. The second-order valence-corrected chi connectivity index (χ2v) is 2.64. The average Bonchev–Trinajstić information content (AvgIpc) is 2.15. The Morgan fingerprint density at radius 3 is 2.93 bits per heavy atom. The molecule has 0 spiro atoms. The van der Waals surface area contributed by atoms with Gasteiger partial charge in [-0.3, -0.25) is 9.78 Å². The number of hydrogen-bond acceptors (Lipinski definition) is 4. The third kappa shape index (κ3) is 2.89. The molecule has 6 heteroatoms. The molecule has 0 aliphatic carbocycles. The van der Waals surface area contributed by atoms with Crippen molar-refractivity contribution in [3.05, 3.63) is 33.0 Å². The van der Waals surface area contributed by atoms with Crippen LogP contribution in [0.2, 0.25) is 0 Å². The van der Waals surface area contributed by atoms with Crippen LogP contribution in [-0.2, 0) is 0 Å². The molecule has 1 heterocycles. The molecule has 0 fully saturated rings. The first-order valence-corrected chi connectivity index (χ1v) is 4.28. The number of allylic oxidation sites excluding steroid dienone is 1. The second-order valence-electron chi connectivity index (χ2n) is 2.64. The monoisotopic (exact) mass is 196 g/mol. The SMILES string of the molecule is C/C=C/CCNc1n[nH]c(=O)[nH]c1=O. The van der Waals surface area contributed by atoms with E-state index in [1.54, 1.807) is 0 Å². The smallest absolute Gasteiger partial charge is 0.342 e. The summed E-state index contributed by atoms with van der Waals surface area (Å²) >= 11 is 0. The molecule has 0 aliphatic rings. The predicted molar refractivity (Wildman–Crippen MR) is 53.4 cm³/mol. The van der Waals surface area contributed by atoms with Crippen molar-refractivity contribution in [1.29, 1.82) is 0 Å². The number of nitrogens with zero attached hydrogens (tertiary/aromatic N) is 1. The Labute approximate surface area is 80.1 Å². The van der Waals surface area contributed by atoms with Crippen LogP contribution in [-0.4, -0.2) is 21.7 Å². The number of aromatic amines is 2. The van der Waals surface area contributed by atoms with Gasteiger partial charge in [-0.05, 0) is 13.3 Å². The van der Waals surface area contributed by atoms with E-state index in [0.717, 1.165) is 6.42 Å². The Morgan fingerprint density at radius 2 is 2.29 bits per heavy atom. The minimum Gasteiger partial charge on any atom is -0.364 e. The summed E-state index contributed by atoms with van der Waals surface area (Å²) in [5.41, 5.74) is -1.11. The maximum atomic E-state index is 11.1. The quantitative estimate of drug-likeness (QED) is 0.461. The van der Waals surface area contributed by atoms with Gasteiger partial charge in [-0.25, -0.2) is 9.89 Å². The van der Waals surface area contributed by atoms with Crippen LogP contribution in [0, 0.1) is 0 Å². The topological polar surface area (TPSA) is 90.6 Å². The molecule has 0 saturated heterocycles. The first kappa shape index (κ1) is 10.2. The third-order valence-corrected chi connectivity index (χ3v) is 1.55. The number of hydrogen-bond donors (Lipinski definition) is 3. The van der Waals surface area contributed by atoms with Gasteiger partial charge in [0.05, 0.1) is 0 Å². The van der Waals surface area contributed by atoms with Gasteiger partial charge in [0.1, 0.15) is 0 Å². The van der Waals surface area contributed by atoms with E-state index in [0.29, 0.717) is 6.54 Å². The predicted octanol–water partition coefficient (Wildman–Crippen LogP) is -0.164. The summed E-state index contributed by atoms with van der Waals surface area (Å²) in [5.74, 6) is 0.133. The van der Waals surface area contributed by atoms with Crippen LogP contribution >= 0.6 is 0 Å². The number of nitrogens with one attached hydrogen (secondary N) is 3. The molecule has 0 radical (unpaired) electrons. The fourth-order valence-corrected chi connectivity index (χ4v) is 0.908. The van der Waals surface area contributed by atoms with Gasteiger partial charge in [-0.15, -0.1) is 5.10 Å². The Bertz CT molecular complexity index is 418. The summed E-state index contributed by atoms with van der Waals surface area (Å²) in [5, 5.41) is 8.50. The zero-order valence-corrected chi connectivity index (χ0v) is 7.83. The van der Waals surface area contributed by atoms with Gasteiger partial charge in [0.2, 0.25) is 5.82 Å². The van der Waals surface area contributed by atoms with Gasteiger partial charge < -0.3 is 5.32 Å². The molecule has 1 aromatic heterocycles. The van der Waals surface area contributed by atoms with Crippen molar-refractivity contribution in [2.24, 2.45) is 0 Å². The van der Waals surface area contributed by atoms with E-state index < -0.39 is 11.2 Å². The van der Waals surface area contributed by atoms with Crippen molar-refractivity contribution in [2.45, 2.75) is 13.3 Å². The molecule has 1 rings (SSSR count). The van der Waals surface area contributed by atoms with Crippen LogP contribution in [0.4, 0.5) is 5.82 Å². The summed E-state index contributed by atoms with van der Waals surface area (Å²) < 4.78 is 0. The molecule has 0 atom stereocenters. The highest BCUT2D eigenvalue weighted by atomic mass is 16.2. The molecule has 14 heavy (non-hydrogen) atoms. The first-order chi connectivity index (χ1) is 6.74. The summed E-state index contributed by atoms with van der Waals surface area (Å²) in [4.78, 5) is 23.8. The fourth-order valence-electron chi connectivity index (χ4n) is 0.908. The molecule has 1 aromatic rings. The summed E-state index contributed by atoms with van der Waals surface area (Å²) in [6.07, 6.45) is 4.69. The van der Waals surface area contributed by atoms with E-state index in [9.17, 15) is 9.59 Å². The number of rotatable bonds is 4. The molecule has 0 amide bonds. The number of anilines is 1. The van der Waals surface area contributed by atoms with Gasteiger partial charge in [0.15, 0.2) is 0 Å². The largest absolute Gasteiger partial charge is 0.364 e. The normalized spacial score (nSPS) is 10.6. The van der Waals surface area contributed by atoms with Crippen LogP contribution in [0.1, 0.15) is 13.3 Å². The summed E-state index contributed by atoms with van der Waals surface area (Å²) in [6, 6.07) is 0. The molecule has 0 aromatic carbocycles. The van der Waals surface area contributed by atoms with Gasteiger partial charge in [0, 0.05) is 6.54 Å². The number of H-pyrrole nitrogens is 2. The van der Waals surface area contributed by atoms with Crippen molar-refractivity contribution in [3.8, 4) is 0 Å². The molecular formula is C8H12N4O2. The lowest BCUT2D eigenvalue weighted by atomic mass is 10.4. The van der Waals surface area contributed by atoms with Crippen LogP contribution in [0.3, 0.4) is 0 Å². The minimum absolute atomic E-state index is 0.133. The van der Waals surface area contributed by atoms with E-state index in [1.807, 2.05) is 19.1 Å². The van der Waals surface area contributed by atoms with Gasteiger partial charge in [-0.2, -0.15) is 0 Å². The van der Waals surface area contributed by atoms with Crippen LogP contribution in [0.15, 0.2) is 21.7 Å².